The molecule has 2 heterocycles. The van der Waals surface area contributed by atoms with Crippen LogP contribution in [0.5, 0.6) is 0 Å². The van der Waals surface area contributed by atoms with E-state index in [0.29, 0.717) is 11.6 Å². The minimum atomic E-state index is 0.0757. The monoisotopic (exact) mass is 247 g/mol. The van der Waals surface area contributed by atoms with Gasteiger partial charge in [-0.05, 0) is 45.4 Å². The fourth-order valence-electron chi connectivity index (χ4n) is 2.33. The molecule has 0 aliphatic carbocycles. The quantitative estimate of drug-likeness (QED) is 0.880. The summed E-state index contributed by atoms with van der Waals surface area (Å²) in [5.74, 6) is 0.0757. The lowest BCUT2D eigenvalue weighted by Crippen LogP contribution is -2.44. The van der Waals surface area contributed by atoms with Gasteiger partial charge in [0.05, 0.1) is 5.56 Å². The Balaban J connectivity index is 2.07. The molecule has 0 radical (unpaired) electrons. The highest BCUT2D eigenvalue weighted by Crippen LogP contribution is 2.12. The predicted molar refractivity (Wildman–Crippen MR) is 71.4 cm³/mol. The molecule has 0 saturated carbocycles. The fraction of sp³-hybridized carbons (Fsp3) is 0.571. The number of carbonyl (C=O) groups excluding carboxylic acids is 1. The predicted octanol–water partition coefficient (Wildman–Crippen LogP) is 1.68. The van der Waals surface area contributed by atoms with Gasteiger partial charge in [-0.2, -0.15) is 0 Å². The Morgan fingerprint density at radius 1 is 1.61 bits per heavy atom. The first kappa shape index (κ1) is 13.0. The Kier molecular flexibility index (Phi) is 4.31. The van der Waals surface area contributed by atoms with Crippen LogP contribution in [-0.4, -0.2) is 41.0 Å². The number of pyridine rings is 1. The van der Waals surface area contributed by atoms with Gasteiger partial charge in [0, 0.05) is 31.0 Å². The van der Waals surface area contributed by atoms with Crippen LogP contribution in [0.2, 0.25) is 0 Å². The maximum absolute atomic E-state index is 12.4. The van der Waals surface area contributed by atoms with Gasteiger partial charge >= 0.3 is 0 Å². The van der Waals surface area contributed by atoms with Crippen molar-refractivity contribution in [2.45, 2.75) is 38.8 Å². The molecule has 1 atom stereocenters. The summed E-state index contributed by atoms with van der Waals surface area (Å²) in [6, 6.07) is 4.28. The largest absolute Gasteiger partial charge is 0.335 e. The van der Waals surface area contributed by atoms with Crippen LogP contribution < -0.4 is 5.32 Å². The summed E-state index contributed by atoms with van der Waals surface area (Å²) in [7, 11) is 0. The summed E-state index contributed by atoms with van der Waals surface area (Å²) < 4.78 is 0. The summed E-state index contributed by atoms with van der Waals surface area (Å²) in [5, 5.41) is 3.44. The molecule has 4 heteroatoms. The van der Waals surface area contributed by atoms with Gasteiger partial charge in [0.2, 0.25) is 0 Å². The second kappa shape index (κ2) is 5.96. The lowest BCUT2D eigenvalue weighted by molar-refractivity contribution is 0.0688. The first-order chi connectivity index (χ1) is 8.68. The van der Waals surface area contributed by atoms with Crippen molar-refractivity contribution in [3.8, 4) is 0 Å². The van der Waals surface area contributed by atoms with Crippen molar-refractivity contribution in [3.05, 3.63) is 30.1 Å². The smallest absolute Gasteiger partial charge is 0.255 e. The minimum absolute atomic E-state index is 0.0757. The maximum atomic E-state index is 12.4. The van der Waals surface area contributed by atoms with Crippen molar-refractivity contribution in [1.82, 2.24) is 15.2 Å². The molecule has 1 saturated heterocycles. The van der Waals surface area contributed by atoms with Crippen molar-refractivity contribution in [2.75, 3.05) is 13.1 Å². The highest BCUT2D eigenvalue weighted by atomic mass is 16.2. The molecule has 98 valence electrons. The van der Waals surface area contributed by atoms with Crippen molar-refractivity contribution in [1.29, 1.82) is 0 Å². The summed E-state index contributed by atoms with van der Waals surface area (Å²) in [4.78, 5) is 18.4. The van der Waals surface area contributed by atoms with Crippen LogP contribution >= 0.6 is 0 Å². The van der Waals surface area contributed by atoms with Gasteiger partial charge in [0.15, 0.2) is 0 Å². The highest BCUT2D eigenvalue weighted by Gasteiger charge is 2.24. The van der Waals surface area contributed by atoms with E-state index in [4.69, 9.17) is 0 Å². The van der Waals surface area contributed by atoms with Gasteiger partial charge in [-0.15, -0.1) is 0 Å². The summed E-state index contributed by atoms with van der Waals surface area (Å²) >= 11 is 0. The van der Waals surface area contributed by atoms with E-state index in [1.165, 1.54) is 6.42 Å². The number of nitrogens with zero attached hydrogens (tertiary/aromatic N) is 2. The lowest BCUT2D eigenvalue weighted by Gasteiger charge is -2.29. The van der Waals surface area contributed by atoms with E-state index in [-0.39, 0.29) is 11.9 Å². The van der Waals surface area contributed by atoms with E-state index in [0.717, 1.165) is 19.5 Å². The number of hydrogen-bond donors (Lipinski definition) is 1. The second-order valence-electron chi connectivity index (χ2n) is 5.09. The van der Waals surface area contributed by atoms with Crippen LogP contribution in [0, 0.1) is 0 Å². The third-order valence-corrected chi connectivity index (χ3v) is 3.37. The number of hydrogen-bond acceptors (Lipinski definition) is 3. The summed E-state index contributed by atoms with van der Waals surface area (Å²) in [5.41, 5.74) is 0.671. The van der Waals surface area contributed by atoms with Crippen molar-refractivity contribution < 1.29 is 4.79 Å². The van der Waals surface area contributed by atoms with Crippen LogP contribution in [0.15, 0.2) is 24.5 Å². The molecule has 1 N–H and O–H groups in total. The van der Waals surface area contributed by atoms with E-state index >= 15 is 0 Å². The van der Waals surface area contributed by atoms with Crippen LogP contribution in [0.25, 0.3) is 0 Å². The van der Waals surface area contributed by atoms with Crippen molar-refractivity contribution in [3.63, 3.8) is 0 Å². The molecule has 1 aromatic rings. The fourth-order valence-corrected chi connectivity index (χ4v) is 2.33. The van der Waals surface area contributed by atoms with Crippen LogP contribution in [-0.2, 0) is 0 Å². The van der Waals surface area contributed by atoms with Crippen LogP contribution in [0.1, 0.15) is 37.0 Å². The zero-order valence-electron chi connectivity index (χ0n) is 11.1. The average Bonchev–Trinajstić information content (AvgIpc) is 2.89. The topological polar surface area (TPSA) is 45.2 Å². The Morgan fingerprint density at radius 3 is 3.00 bits per heavy atom. The Labute approximate surface area is 108 Å². The Hall–Kier alpha value is -1.42. The minimum Gasteiger partial charge on any atom is -0.335 e. The van der Waals surface area contributed by atoms with Gasteiger partial charge in [0.25, 0.3) is 5.91 Å². The van der Waals surface area contributed by atoms with Gasteiger partial charge in [-0.3, -0.25) is 9.78 Å². The van der Waals surface area contributed by atoms with Crippen molar-refractivity contribution in [2.24, 2.45) is 0 Å². The van der Waals surface area contributed by atoms with Gasteiger partial charge in [-0.1, -0.05) is 0 Å². The van der Waals surface area contributed by atoms with Crippen LogP contribution in [0.3, 0.4) is 0 Å². The SMILES string of the molecule is CC(C)N(CC1CCCN1)C(=O)c1cccnc1. The number of rotatable bonds is 4. The molecule has 1 amide bonds. The highest BCUT2D eigenvalue weighted by molar-refractivity contribution is 5.94. The molecule has 0 spiro atoms. The van der Waals surface area contributed by atoms with E-state index in [2.05, 4.69) is 24.1 Å². The zero-order valence-corrected chi connectivity index (χ0v) is 11.1. The van der Waals surface area contributed by atoms with E-state index in [1.54, 1.807) is 18.5 Å². The van der Waals surface area contributed by atoms with E-state index in [9.17, 15) is 4.79 Å². The molecule has 1 aliphatic rings. The maximum Gasteiger partial charge on any atom is 0.255 e. The Bertz CT molecular complexity index is 385. The third-order valence-electron chi connectivity index (χ3n) is 3.37. The molecule has 1 aliphatic heterocycles. The number of amides is 1. The summed E-state index contributed by atoms with van der Waals surface area (Å²) in [6.07, 6.45) is 5.69. The molecule has 0 aromatic carbocycles. The standard InChI is InChI=1S/C14H21N3O/c1-11(2)17(10-13-6-4-8-16-13)14(18)12-5-3-7-15-9-12/h3,5,7,9,11,13,16H,4,6,8,10H2,1-2H3. The third kappa shape index (κ3) is 3.07. The first-order valence-corrected chi connectivity index (χ1v) is 6.63. The number of nitrogens with one attached hydrogen (secondary N) is 1. The van der Waals surface area contributed by atoms with E-state index < -0.39 is 0 Å². The average molecular weight is 247 g/mol. The van der Waals surface area contributed by atoms with Gasteiger partial charge in [0.1, 0.15) is 0 Å². The Morgan fingerprint density at radius 2 is 2.44 bits per heavy atom. The molecule has 2 rings (SSSR count). The first-order valence-electron chi connectivity index (χ1n) is 6.63. The molecule has 0 bridgehead atoms. The van der Waals surface area contributed by atoms with Gasteiger partial charge < -0.3 is 10.2 Å². The molecular formula is C14H21N3O. The van der Waals surface area contributed by atoms with Crippen LogP contribution in [0.4, 0.5) is 0 Å². The molecule has 18 heavy (non-hydrogen) atoms. The van der Waals surface area contributed by atoms with Crippen molar-refractivity contribution >= 4 is 5.91 Å². The second-order valence-corrected chi connectivity index (χ2v) is 5.09. The van der Waals surface area contributed by atoms with E-state index in [1.807, 2.05) is 11.0 Å². The molecular weight excluding hydrogens is 226 g/mol. The molecule has 1 unspecified atom stereocenters. The molecule has 4 nitrogen and oxygen atoms in total. The lowest BCUT2D eigenvalue weighted by atomic mass is 10.1. The molecule has 1 aromatic heterocycles. The zero-order chi connectivity index (χ0) is 13.0. The normalized spacial score (nSPS) is 19.2. The van der Waals surface area contributed by atoms with Gasteiger partial charge in [-0.25, -0.2) is 0 Å². The summed E-state index contributed by atoms with van der Waals surface area (Å²) in [6.45, 7) is 5.97. The number of aromatic nitrogens is 1. The molecule has 1 fully saturated rings. The number of carbonyl (C=O) groups is 1.